The van der Waals surface area contributed by atoms with Gasteiger partial charge in [-0.05, 0) is 25.0 Å². The number of pyridine rings is 1. The lowest BCUT2D eigenvalue weighted by Crippen LogP contribution is -2.08. The lowest BCUT2D eigenvalue weighted by atomic mass is 10.2. The lowest BCUT2D eigenvalue weighted by Gasteiger charge is -2.02. The average molecular weight is 275 g/mol. The third kappa shape index (κ3) is 3.75. The zero-order valence-electron chi connectivity index (χ0n) is 10.4. The smallest absolute Gasteiger partial charge is 0.264 e. The minimum absolute atomic E-state index is 0.0852. The Hall–Kier alpha value is -1.95. The molecule has 6 heteroatoms. The number of thioether (sulfide) groups is 1. The molecule has 0 unspecified atom stereocenters. The van der Waals surface area contributed by atoms with Gasteiger partial charge in [-0.15, -0.1) is 0 Å². The van der Waals surface area contributed by atoms with Crippen LogP contribution in [0, 0.1) is 10.1 Å². The van der Waals surface area contributed by atoms with Crippen LogP contribution in [0.2, 0.25) is 0 Å². The van der Waals surface area contributed by atoms with Crippen LogP contribution in [0.15, 0.2) is 53.1 Å². The van der Waals surface area contributed by atoms with Crippen molar-refractivity contribution in [2.24, 2.45) is 4.99 Å². The molecule has 2 heterocycles. The Kier molecular flexibility index (Phi) is 4.46. The number of allylic oxidation sites excluding steroid dienone is 2. The van der Waals surface area contributed by atoms with E-state index < -0.39 is 0 Å². The predicted octanol–water partition coefficient (Wildman–Crippen LogP) is 3.18. The SMILES string of the molecule is CC1=CN=C(SCc2cccnc2)C([N+](=O)[O-])=CC1. The van der Waals surface area contributed by atoms with Gasteiger partial charge in [0.05, 0.1) is 4.92 Å². The Bertz CT molecular complexity index is 565. The highest BCUT2D eigenvalue weighted by molar-refractivity contribution is 8.13. The fourth-order valence-corrected chi connectivity index (χ4v) is 2.44. The van der Waals surface area contributed by atoms with Crippen LogP contribution in [0.5, 0.6) is 0 Å². The molecule has 1 aliphatic rings. The molecule has 0 amide bonds. The largest absolute Gasteiger partial charge is 0.297 e. The molecule has 1 aliphatic heterocycles. The normalized spacial score (nSPS) is 15.1. The molecule has 0 saturated carbocycles. The van der Waals surface area contributed by atoms with Gasteiger partial charge < -0.3 is 0 Å². The maximum atomic E-state index is 11.0. The molecule has 0 atom stereocenters. The second kappa shape index (κ2) is 6.29. The zero-order chi connectivity index (χ0) is 13.7. The quantitative estimate of drug-likeness (QED) is 0.627. The molecule has 0 spiro atoms. The van der Waals surface area contributed by atoms with Crippen LogP contribution in [0.1, 0.15) is 18.9 Å². The van der Waals surface area contributed by atoms with Gasteiger partial charge >= 0.3 is 0 Å². The lowest BCUT2D eigenvalue weighted by molar-refractivity contribution is -0.414. The van der Waals surface area contributed by atoms with E-state index in [1.54, 1.807) is 24.7 Å². The number of rotatable bonds is 3. The van der Waals surface area contributed by atoms with Gasteiger partial charge in [0.2, 0.25) is 0 Å². The summed E-state index contributed by atoms with van der Waals surface area (Å²) in [4.78, 5) is 18.9. The second-order valence-electron chi connectivity index (χ2n) is 4.11. The molecule has 0 bridgehead atoms. The van der Waals surface area contributed by atoms with Crippen molar-refractivity contribution in [3.8, 4) is 0 Å². The maximum absolute atomic E-state index is 11.0. The molecule has 0 aliphatic carbocycles. The Morgan fingerprint density at radius 3 is 3.05 bits per heavy atom. The molecule has 0 aromatic carbocycles. The monoisotopic (exact) mass is 275 g/mol. The van der Waals surface area contributed by atoms with E-state index in [1.165, 1.54) is 11.8 Å². The van der Waals surface area contributed by atoms with Crippen LogP contribution in [0.4, 0.5) is 0 Å². The second-order valence-corrected chi connectivity index (χ2v) is 5.07. The van der Waals surface area contributed by atoms with E-state index in [4.69, 9.17) is 0 Å². The first-order valence-corrected chi connectivity index (χ1v) is 6.75. The molecular weight excluding hydrogens is 262 g/mol. The molecule has 19 heavy (non-hydrogen) atoms. The maximum Gasteiger partial charge on any atom is 0.297 e. The standard InChI is InChI=1S/C13H13N3O2S/c1-10-4-5-12(16(17)18)13(15-7-10)19-9-11-3-2-6-14-8-11/h2-3,5-8H,4,9H2,1H3. The molecule has 2 rings (SSSR count). The minimum atomic E-state index is -0.373. The number of hydrogen-bond donors (Lipinski definition) is 0. The molecule has 0 saturated heterocycles. The Morgan fingerprint density at radius 2 is 2.37 bits per heavy atom. The summed E-state index contributed by atoms with van der Waals surface area (Å²) >= 11 is 1.36. The summed E-state index contributed by atoms with van der Waals surface area (Å²) < 4.78 is 0. The third-order valence-corrected chi connectivity index (χ3v) is 3.60. The van der Waals surface area contributed by atoms with Crippen LogP contribution in [0.25, 0.3) is 0 Å². The molecule has 0 fully saturated rings. The fourth-order valence-electron chi connectivity index (χ4n) is 1.53. The highest BCUT2D eigenvalue weighted by Crippen LogP contribution is 2.22. The summed E-state index contributed by atoms with van der Waals surface area (Å²) in [5, 5.41) is 11.5. The van der Waals surface area contributed by atoms with Crippen molar-refractivity contribution in [2.45, 2.75) is 19.1 Å². The fraction of sp³-hybridized carbons (Fsp3) is 0.231. The Morgan fingerprint density at radius 1 is 1.53 bits per heavy atom. The van der Waals surface area contributed by atoms with Crippen LogP contribution in [-0.4, -0.2) is 15.0 Å². The zero-order valence-corrected chi connectivity index (χ0v) is 11.3. The van der Waals surface area contributed by atoms with Crippen molar-refractivity contribution in [1.29, 1.82) is 0 Å². The van der Waals surface area contributed by atoms with E-state index >= 15 is 0 Å². The molecule has 1 aromatic heterocycles. The number of aliphatic imine (C=N–C) groups is 1. The van der Waals surface area contributed by atoms with Crippen molar-refractivity contribution >= 4 is 16.8 Å². The van der Waals surface area contributed by atoms with Crippen molar-refractivity contribution in [1.82, 2.24) is 4.98 Å². The Labute approximate surface area is 115 Å². The molecule has 0 N–H and O–H groups in total. The first kappa shape index (κ1) is 13.5. The summed E-state index contributed by atoms with van der Waals surface area (Å²) in [7, 11) is 0. The molecule has 0 radical (unpaired) electrons. The van der Waals surface area contributed by atoms with Gasteiger partial charge in [-0.2, -0.15) is 0 Å². The first-order chi connectivity index (χ1) is 9.16. The number of hydrogen-bond acceptors (Lipinski definition) is 5. The van der Waals surface area contributed by atoms with Gasteiger partial charge in [0.25, 0.3) is 5.70 Å². The van der Waals surface area contributed by atoms with Crippen LogP contribution in [0.3, 0.4) is 0 Å². The van der Waals surface area contributed by atoms with E-state index in [9.17, 15) is 10.1 Å². The third-order valence-electron chi connectivity index (χ3n) is 2.53. The van der Waals surface area contributed by atoms with Gasteiger partial charge in [-0.1, -0.05) is 23.4 Å². The molecule has 98 valence electrons. The van der Waals surface area contributed by atoms with Gasteiger partial charge in [-0.25, -0.2) is 4.99 Å². The van der Waals surface area contributed by atoms with E-state index in [2.05, 4.69) is 9.98 Å². The van der Waals surface area contributed by atoms with E-state index in [1.807, 2.05) is 19.1 Å². The minimum Gasteiger partial charge on any atom is -0.264 e. The summed E-state index contributed by atoms with van der Waals surface area (Å²) in [5.41, 5.74) is 2.11. The summed E-state index contributed by atoms with van der Waals surface area (Å²) in [6.45, 7) is 1.91. The van der Waals surface area contributed by atoms with E-state index in [-0.39, 0.29) is 10.6 Å². The predicted molar refractivity (Wildman–Crippen MR) is 76.4 cm³/mol. The van der Waals surface area contributed by atoms with Gasteiger partial charge in [-0.3, -0.25) is 15.1 Å². The van der Waals surface area contributed by atoms with Crippen molar-refractivity contribution in [3.05, 3.63) is 63.8 Å². The van der Waals surface area contributed by atoms with Crippen LogP contribution >= 0.6 is 11.8 Å². The van der Waals surface area contributed by atoms with E-state index in [0.29, 0.717) is 17.2 Å². The summed E-state index contributed by atoms with van der Waals surface area (Å²) in [6, 6.07) is 3.78. The highest BCUT2D eigenvalue weighted by Gasteiger charge is 2.21. The average Bonchev–Trinajstić information content (AvgIpc) is 2.60. The van der Waals surface area contributed by atoms with Crippen LogP contribution < -0.4 is 0 Å². The number of nitro groups is 1. The van der Waals surface area contributed by atoms with Gasteiger partial charge in [0.15, 0.2) is 5.04 Å². The topological polar surface area (TPSA) is 68.4 Å². The summed E-state index contributed by atoms with van der Waals surface area (Å²) in [5.74, 6) is 0.616. The molecule has 1 aromatic rings. The van der Waals surface area contributed by atoms with Gasteiger partial charge in [0.1, 0.15) is 0 Å². The Balaban J connectivity index is 2.14. The number of nitrogens with zero attached hydrogens (tertiary/aromatic N) is 3. The highest BCUT2D eigenvalue weighted by atomic mass is 32.2. The molecule has 5 nitrogen and oxygen atoms in total. The van der Waals surface area contributed by atoms with Crippen molar-refractivity contribution < 1.29 is 4.92 Å². The van der Waals surface area contributed by atoms with Gasteiger partial charge in [0, 0.05) is 30.4 Å². The van der Waals surface area contributed by atoms with Crippen molar-refractivity contribution in [2.75, 3.05) is 0 Å². The summed E-state index contributed by atoms with van der Waals surface area (Å²) in [6.07, 6.45) is 7.33. The molecular formula is C13H13N3O2S. The number of aromatic nitrogens is 1. The van der Waals surface area contributed by atoms with E-state index in [0.717, 1.165) is 11.1 Å². The van der Waals surface area contributed by atoms with Crippen LogP contribution in [-0.2, 0) is 5.75 Å². The first-order valence-electron chi connectivity index (χ1n) is 5.77. The van der Waals surface area contributed by atoms with Crippen molar-refractivity contribution in [3.63, 3.8) is 0 Å².